The molecule has 5 aromatic rings. The quantitative estimate of drug-likeness (QED) is 0.434. The second-order valence-corrected chi connectivity index (χ2v) is 7.30. The average molecular weight is 421 g/mol. The smallest absolute Gasteiger partial charge is 0.259 e. The van der Waals surface area contributed by atoms with Crippen LogP contribution in [0, 0.1) is 12.3 Å². The van der Waals surface area contributed by atoms with Crippen LogP contribution in [0.5, 0.6) is 0 Å². The SMILES string of the molecule is C#Cc1cccc2nc([C@@H](C)NC(=O)c3c(N)nn4cccnc34)c(-c3ccccc3)n12. The number of carbonyl (C=O) groups excluding carboxylic acids is 1. The summed E-state index contributed by atoms with van der Waals surface area (Å²) in [7, 11) is 0. The monoisotopic (exact) mass is 421 g/mol. The summed E-state index contributed by atoms with van der Waals surface area (Å²) < 4.78 is 3.41. The predicted octanol–water partition coefficient (Wildman–Crippen LogP) is 3.10. The van der Waals surface area contributed by atoms with Crippen LogP contribution >= 0.6 is 0 Å². The summed E-state index contributed by atoms with van der Waals surface area (Å²) in [5, 5.41) is 7.17. The van der Waals surface area contributed by atoms with Crippen molar-refractivity contribution in [3.63, 3.8) is 0 Å². The van der Waals surface area contributed by atoms with E-state index in [9.17, 15) is 4.79 Å². The fraction of sp³-hybridized carbons (Fsp3) is 0.0833. The topological polar surface area (TPSA) is 103 Å². The number of nitrogens with zero attached hydrogens (tertiary/aromatic N) is 5. The van der Waals surface area contributed by atoms with Crippen LogP contribution < -0.4 is 11.1 Å². The third-order valence-corrected chi connectivity index (χ3v) is 5.27. The molecule has 0 aliphatic rings. The fourth-order valence-electron chi connectivity index (χ4n) is 3.86. The zero-order valence-electron chi connectivity index (χ0n) is 17.2. The Morgan fingerprint density at radius 2 is 1.97 bits per heavy atom. The molecule has 0 aliphatic heterocycles. The first-order valence-corrected chi connectivity index (χ1v) is 10.0. The maximum atomic E-state index is 13.2. The zero-order valence-corrected chi connectivity index (χ0v) is 17.2. The summed E-state index contributed by atoms with van der Waals surface area (Å²) in [4.78, 5) is 22.2. The van der Waals surface area contributed by atoms with E-state index in [-0.39, 0.29) is 17.3 Å². The van der Waals surface area contributed by atoms with Gasteiger partial charge in [-0.25, -0.2) is 14.5 Å². The molecule has 0 saturated heterocycles. The van der Waals surface area contributed by atoms with Crippen molar-refractivity contribution in [1.82, 2.24) is 29.3 Å². The Balaban J connectivity index is 1.61. The number of fused-ring (bicyclic) bond motifs is 2. The van der Waals surface area contributed by atoms with E-state index in [1.165, 1.54) is 4.52 Å². The summed E-state index contributed by atoms with van der Waals surface area (Å²) in [6, 6.07) is 16.7. The van der Waals surface area contributed by atoms with Crippen molar-refractivity contribution in [1.29, 1.82) is 0 Å². The summed E-state index contributed by atoms with van der Waals surface area (Å²) >= 11 is 0. The van der Waals surface area contributed by atoms with E-state index < -0.39 is 6.04 Å². The number of hydrogen-bond acceptors (Lipinski definition) is 5. The Morgan fingerprint density at radius 1 is 1.16 bits per heavy atom. The molecule has 3 N–H and O–H groups in total. The number of carbonyl (C=O) groups is 1. The largest absolute Gasteiger partial charge is 0.381 e. The van der Waals surface area contributed by atoms with Crippen LogP contribution in [-0.4, -0.2) is 29.9 Å². The Morgan fingerprint density at radius 3 is 2.75 bits per heavy atom. The molecule has 0 radical (unpaired) electrons. The average Bonchev–Trinajstić information content (AvgIpc) is 3.36. The van der Waals surface area contributed by atoms with Gasteiger partial charge in [-0.05, 0) is 25.1 Å². The maximum Gasteiger partial charge on any atom is 0.259 e. The number of terminal acetylenes is 1. The molecule has 1 atom stereocenters. The minimum Gasteiger partial charge on any atom is -0.381 e. The van der Waals surface area contributed by atoms with Gasteiger partial charge in [0.25, 0.3) is 5.91 Å². The lowest BCUT2D eigenvalue weighted by molar-refractivity contribution is 0.0941. The van der Waals surface area contributed by atoms with Gasteiger partial charge in [0.15, 0.2) is 11.5 Å². The van der Waals surface area contributed by atoms with Crippen LogP contribution in [0.25, 0.3) is 22.6 Å². The number of hydrogen-bond donors (Lipinski definition) is 2. The number of amides is 1. The van der Waals surface area contributed by atoms with Gasteiger partial charge in [0.1, 0.15) is 11.2 Å². The van der Waals surface area contributed by atoms with Crippen molar-refractivity contribution in [2.24, 2.45) is 0 Å². The highest BCUT2D eigenvalue weighted by molar-refractivity contribution is 6.04. The van der Waals surface area contributed by atoms with E-state index in [1.54, 1.807) is 18.5 Å². The normalized spacial score (nSPS) is 12.0. The van der Waals surface area contributed by atoms with E-state index in [1.807, 2.05) is 59.9 Å². The van der Waals surface area contributed by atoms with E-state index in [0.717, 1.165) is 11.3 Å². The number of pyridine rings is 1. The number of benzene rings is 1. The van der Waals surface area contributed by atoms with E-state index in [2.05, 4.69) is 21.3 Å². The van der Waals surface area contributed by atoms with Crippen LogP contribution in [-0.2, 0) is 0 Å². The van der Waals surface area contributed by atoms with Gasteiger partial charge in [-0.1, -0.05) is 42.3 Å². The van der Waals surface area contributed by atoms with E-state index in [4.69, 9.17) is 17.1 Å². The second kappa shape index (κ2) is 7.56. The van der Waals surface area contributed by atoms with Crippen molar-refractivity contribution in [3.8, 4) is 23.6 Å². The molecule has 0 spiro atoms. The van der Waals surface area contributed by atoms with Crippen LogP contribution in [0.2, 0.25) is 0 Å². The molecule has 32 heavy (non-hydrogen) atoms. The maximum absolute atomic E-state index is 13.2. The van der Waals surface area contributed by atoms with Crippen molar-refractivity contribution < 1.29 is 4.79 Å². The molecule has 0 fully saturated rings. The van der Waals surface area contributed by atoms with Gasteiger partial charge in [0.2, 0.25) is 0 Å². The standard InChI is InChI=1S/C24H19N7O/c1-3-17-11-7-12-18-28-20(21(31(17)18)16-9-5-4-6-10-16)15(2)27-24(32)19-22(25)29-30-14-8-13-26-23(19)30/h1,4-15H,2H3,(H2,25,29)(H,27,32)/t15-/m1/s1. The van der Waals surface area contributed by atoms with Crippen LogP contribution in [0.15, 0.2) is 67.0 Å². The summed E-state index contributed by atoms with van der Waals surface area (Å²) in [5.41, 5.74) is 10.5. The van der Waals surface area contributed by atoms with Gasteiger partial charge >= 0.3 is 0 Å². The molecule has 0 unspecified atom stereocenters. The van der Waals surface area contributed by atoms with Gasteiger partial charge in [0, 0.05) is 18.0 Å². The molecule has 1 aromatic carbocycles. The van der Waals surface area contributed by atoms with Crippen LogP contribution in [0.1, 0.15) is 34.7 Å². The molecule has 0 aliphatic carbocycles. The molecule has 4 aromatic heterocycles. The molecule has 5 rings (SSSR count). The molecular formula is C24H19N7O. The highest BCUT2D eigenvalue weighted by atomic mass is 16.1. The Labute approximate surface area is 183 Å². The Kier molecular flexibility index (Phi) is 4.57. The third-order valence-electron chi connectivity index (χ3n) is 5.27. The van der Waals surface area contributed by atoms with Crippen molar-refractivity contribution in [2.75, 3.05) is 5.73 Å². The van der Waals surface area contributed by atoms with E-state index in [0.29, 0.717) is 22.7 Å². The third kappa shape index (κ3) is 3.04. The van der Waals surface area contributed by atoms with Gasteiger partial charge < -0.3 is 11.1 Å². The Hall–Kier alpha value is -4.64. The number of rotatable bonds is 4. The zero-order chi connectivity index (χ0) is 22.2. The molecule has 156 valence electrons. The lowest BCUT2D eigenvalue weighted by Crippen LogP contribution is -2.28. The first-order valence-electron chi connectivity index (χ1n) is 10.0. The Bertz CT molecular complexity index is 1510. The minimum atomic E-state index is -0.443. The molecule has 0 saturated carbocycles. The van der Waals surface area contributed by atoms with E-state index >= 15 is 0 Å². The summed E-state index contributed by atoms with van der Waals surface area (Å²) in [5.74, 6) is 2.46. The first-order chi connectivity index (χ1) is 15.6. The molecule has 0 bridgehead atoms. The molecule has 1 amide bonds. The number of nitrogens with two attached hydrogens (primary N) is 1. The van der Waals surface area contributed by atoms with Crippen LogP contribution in [0.4, 0.5) is 5.82 Å². The molecule has 4 heterocycles. The molecular weight excluding hydrogens is 402 g/mol. The number of nitrogen functional groups attached to an aromatic ring is 1. The number of anilines is 1. The molecule has 8 nitrogen and oxygen atoms in total. The van der Waals surface area contributed by atoms with Crippen molar-refractivity contribution >= 4 is 23.0 Å². The van der Waals surface area contributed by atoms with Gasteiger partial charge in [0.05, 0.1) is 23.1 Å². The van der Waals surface area contributed by atoms with Crippen LogP contribution in [0.3, 0.4) is 0 Å². The number of aromatic nitrogens is 5. The molecule has 8 heteroatoms. The lowest BCUT2D eigenvalue weighted by Gasteiger charge is -2.14. The van der Waals surface area contributed by atoms with Gasteiger partial charge in [-0.3, -0.25) is 9.20 Å². The van der Waals surface area contributed by atoms with Crippen molar-refractivity contribution in [3.05, 3.63) is 83.9 Å². The fourth-order valence-corrected chi connectivity index (χ4v) is 3.86. The van der Waals surface area contributed by atoms with Crippen molar-refractivity contribution in [2.45, 2.75) is 13.0 Å². The van der Waals surface area contributed by atoms with Gasteiger partial charge in [-0.2, -0.15) is 0 Å². The predicted molar refractivity (Wildman–Crippen MR) is 122 cm³/mol. The number of nitrogens with one attached hydrogen (secondary N) is 1. The lowest BCUT2D eigenvalue weighted by atomic mass is 10.1. The summed E-state index contributed by atoms with van der Waals surface area (Å²) in [6.45, 7) is 1.87. The second-order valence-electron chi connectivity index (χ2n) is 7.30. The number of imidazole rings is 1. The summed E-state index contributed by atoms with van der Waals surface area (Å²) in [6.07, 6.45) is 9.05. The first kappa shape index (κ1) is 19.3. The van der Waals surface area contributed by atoms with Gasteiger partial charge in [-0.15, -0.1) is 11.5 Å². The highest BCUT2D eigenvalue weighted by Gasteiger charge is 2.25. The minimum absolute atomic E-state index is 0.112. The highest BCUT2D eigenvalue weighted by Crippen LogP contribution is 2.31.